The topological polar surface area (TPSA) is 55.4 Å². The van der Waals surface area contributed by atoms with Gasteiger partial charge in [-0.05, 0) is 5.56 Å². The lowest BCUT2D eigenvalue weighted by Gasteiger charge is -2.29. The Morgan fingerprint density at radius 2 is 2.06 bits per heavy atom. The summed E-state index contributed by atoms with van der Waals surface area (Å²) in [5, 5.41) is 3.18. The average molecular weight is 253 g/mol. The van der Waals surface area contributed by atoms with Crippen LogP contribution in [0.5, 0.6) is 0 Å². The van der Waals surface area contributed by atoms with E-state index in [9.17, 15) is 9.00 Å². The fourth-order valence-electron chi connectivity index (χ4n) is 1.94. The third kappa shape index (κ3) is 2.92. The van der Waals surface area contributed by atoms with E-state index in [2.05, 4.69) is 10.1 Å². The summed E-state index contributed by atoms with van der Waals surface area (Å²) in [5.74, 6) is 0.520. The predicted octanol–water partition coefficient (Wildman–Crippen LogP) is 0.621. The first-order chi connectivity index (χ1) is 8.20. The van der Waals surface area contributed by atoms with Gasteiger partial charge in [-0.15, -0.1) is 0 Å². The Kier molecular flexibility index (Phi) is 3.91. The molecule has 3 atom stereocenters. The van der Waals surface area contributed by atoms with Crippen molar-refractivity contribution in [1.82, 2.24) is 5.32 Å². The van der Waals surface area contributed by atoms with Crippen molar-refractivity contribution in [1.29, 1.82) is 0 Å². The maximum Gasteiger partial charge on any atom is 0.323 e. The quantitative estimate of drug-likeness (QED) is 0.785. The van der Waals surface area contributed by atoms with Gasteiger partial charge in [0.15, 0.2) is 0 Å². The number of benzene rings is 1. The molecular formula is C12H15NO3S. The van der Waals surface area contributed by atoms with E-state index in [0.717, 1.165) is 5.56 Å². The van der Waals surface area contributed by atoms with Crippen LogP contribution >= 0.6 is 0 Å². The molecule has 92 valence electrons. The van der Waals surface area contributed by atoms with E-state index in [-0.39, 0.29) is 12.0 Å². The first kappa shape index (κ1) is 12.3. The summed E-state index contributed by atoms with van der Waals surface area (Å²) in [6.07, 6.45) is 0. The van der Waals surface area contributed by atoms with Gasteiger partial charge >= 0.3 is 5.97 Å². The minimum atomic E-state index is -0.986. The normalized spacial score (nSPS) is 28.6. The molecule has 1 fully saturated rings. The molecular weight excluding hydrogens is 238 g/mol. The van der Waals surface area contributed by atoms with Crippen molar-refractivity contribution in [3.05, 3.63) is 35.9 Å². The van der Waals surface area contributed by atoms with E-state index in [1.54, 1.807) is 0 Å². The summed E-state index contributed by atoms with van der Waals surface area (Å²) in [6, 6.07) is 9.21. The highest BCUT2D eigenvalue weighted by Crippen LogP contribution is 2.19. The number of nitrogens with one attached hydrogen (secondary N) is 1. The van der Waals surface area contributed by atoms with E-state index in [1.165, 1.54) is 7.11 Å². The fourth-order valence-corrected chi connectivity index (χ4v) is 3.34. The average Bonchev–Trinajstić information content (AvgIpc) is 2.38. The van der Waals surface area contributed by atoms with Crippen molar-refractivity contribution in [2.24, 2.45) is 0 Å². The highest BCUT2D eigenvalue weighted by Gasteiger charge is 2.31. The molecule has 1 aliphatic heterocycles. The summed E-state index contributed by atoms with van der Waals surface area (Å²) < 4.78 is 16.4. The molecule has 1 aliphatic rings. The third-order valence-electron chi connectivity index (χ3n) is 2.80. The van der Waals surface area contributed by atoms with Gasteiger partial charge in [0.1, 0.15) is 6.04 Å². The Balaban J connectivity index is 2.14. The van der Waals surface area contributed by atoms with Gasteiger partial charge in [-0.1, -0.05) is 30.3 Å². The molecule has 0 bridgehead atoms. The molecule has 0 aliphatic carbocycles. The van der Waals surface area contributed by atoms with E-state index < -0.39 is 16.8 Å². The molecule has 3 unspecified atom stereocenters. The van der Waals surface area contributed by atoms with Crippen molar-refractivity contribution in [3.63, 3.8) is 0 Å². The number of hydrogen-bond acceptors (Lipinski definition) is 4. The molecule has 17 heavy (non-hydrogen) atoms. The van der Waals surface area contributed by atoms with Crippen molar-refractivity contribution >= 4 is 16.8 Å². The van der Waals surface area contributed by atoms with Crippen LogP contribution in [0.25, 0.3) is 0 Å². The SMILES string of the molecule is COC(=O)C1CS(=O)CC(c2ccccc2)N1. The molecule has 1 aromatic carbocycles. The van der Waals surface area contributed by atoms with E-state index in [0.29, 0.717) is 11.5 Å². The van der Waals surface area contributed by atoms with Gasteiger partial charge < -0.3 is 4.74 Å². The Morgan fingerprint density at radius 1 is 1.35 bits per heavy atom. The monoisotopic (exact) mass is 253 g/mol. The maximum absolute atomic E-state index is 11.7. The minimum absolute atomic E-state index is 0.0464. The molecule has 0 amide bonds. The lowest BCUT2D eigenvalue weighted by atomic mass is 10.1. The first-order valence-electron chi connectivity index (χ1n) is 5.44. The van der Waals surface area contributed by atoms with Crippen molar-refractivity contribution < 1.29 is 13.7 Å². The van der Waals surface area contributed by atoms with Crippen molar-refractivity contribution in [3.8, 4) is 0 Å². The molecule has 0 saturated carbocycles. The van der Waals surface area contributed by atoms with E-state index >= 15 is 0 Å². The summed E-state index contributed by atoms with van der Waals surface area (Å²) in [5.41, 5.74) is 1.05. The summed E-state index contributed by atoms with van der Waals surface area (Å²) in [6.45, 7) is 0. The molecule has 0 spiro atoms. The van der Waals surface area contributed by atoms with E-state index in [1.807, 2.05) is 30.3 Å². The Labute approximate surface area is 103 Å². The zero-order valence-corrected chi connectivity index (χ0v) is 10.4. The standard InChI is InChI=1S/C12H15NO3S/c1-16-12(14)11-8-17(15)7-10(13-11)9-5-3-2-4-6-9/h2-6,10-11,13H,7-8H2,1H3. The predicted molar refractivity (Wildman–Crippen MR) is 66.0 cm³/mol. The van der Waals surface area contributed by atoms with Gasteiger partial charge in [0.25, 0.3) is 0 Å². The molecule has 1 aromatic rings. The first-order valence-corrected chi connectivity index (χ1v) is 6.93. The third-order valence-corrected chi connectivity index (χ3v) is 4.21. The van der Waals surface area contributed by atoms with Crippen LogP contribution in [0, 0.1) is 0 Å². The summed E-state index contributed by atoms with van der Waals surface area (Å²) in [4.78, 5) is 11.5. The lowest BCUT2D eigenvalue weighted by Crippen LogP contribution is -2.49. The molecule has 0 radical (unpaired) electrons. The number of rotatable bonds is 2. The maximum atomic E-state index is 11.7. The zero-order chi connectivity index (χ0) is 12.3. The number of carbonyl (C=O) groups is 1. The Hall–Kier alpha value is -1.20. The van der Waals surface area contributed by atoms with Crippen LogP contribution in [0.4, 0.5) is 0 Å². The highest BCUT2D eigenvalue weighted by atomic mass is 32.2. The number of methoxy groups -OCH3 is 1. The van der Waals surface area contributed by atoms with Gasteiger partial charge in [0.2, 0.25) is 0 Å². The Bertz CT molecular complexity index is 421. The molecule has 2 rings (SSSR count). The van der Waals surface area contributed by atoms with Crippen LogP contribution in [0.1, 0.15) is 11.6 Å². The summed E-state index contributed by atoms with van der Waals surface area (Å²) >= 11 is 0. The lowest BCUT2D eigenvalue weighted by molar-refractivity contribution is -0.142. The zero-order valence-electron chi connectivity index (χ0n) is 9.59. The second-order valence-electron chi connectivity index (χ2n) is 3.98. The Morgan fingerprint density at radius 3 is 2.71 bits per heavy atom. The molecule has 1 heterocycles. The number of carbonyl (C=O) groups excluding carboxylic acids is 1. The van der Waals surface area contributed by atoms with Crippen LogP contribution in [0.2, 0.25) is 0 Å². The second kappa shape index (κ2) is 5.42. The second-order valence-corrected chi connectivity index (χ2v) is 5.53. The van der Waals surface area contributed by atoms with Gasteiger partial charge in [-0.2, -0.15) is 0 Å². The minimum Gasteiger partial charge on any atom is -0.468 e. The van der Waals surface area contributed by atoms with Crippen molar-refractivity contribution in [2.75, 3.05) is 18.6 Å². The van der Waals surface area contributed by atoms with Gasteiger partial charge in [0.05, 0.1) is 7.11 Å². The van der Waals surface area contributed by atoms with Gasteiger partial charge in [-0.25, -0.2) is 0 Å². The van der Waals surface area contributed by atoms with Crippen LogP contribution in [-0.4, -0.2) is 34.8 Å². The smallest absolute Gasteiger partial charge is 0.323 e. The molecule has 5 heteroatoms. The van der Waals surface area contributed by atoms with E-state index in [4.69, 9.17) is 0 Å². The van der Waals surface area contributed by atoms with Crippen LogP contribution in [0.3, 0.4) is 0 Å². The number of esters is 1. The molecule has 1 saturated heterocycles. The largest absolute Gasteiger partial charge is 0.468 e. The molecule has 0 aromatic heterocycles. The van der Waals surface area contributed by atoms with Crippen molar-refractivity contribution in [2.45, 2.75) is 12.1 Å². The fraction of sp³-hybridized carbons (Fsp3) is 0.417. The molecule has 1 N–H and O–H groups in total. The van der Waals surface area contributed by atoms with Crippen LogP contribution < -0.4 is 5.32 Å². The molecule has 4 nitrogen and oxygen atoms in total. The highest BCUT2D eigenvalue weighted by molar-refractivity contribution is 7.85. The number of ether oxygens (including phenoxy) is 1. The summed E-state index contributed by atoms with van der Waals surface area (Å²) in [7, 11) is 0.360. The van der Waals surface area contributed by atoms with Gasteiger partial charge in [-0.3, -0.25) is 14.3 Å². The number of hydrogen-bond donors (Lipinski definition) is 1. The van der Waals surface area contributed by atoms with Gasteiger partial charge in [0, 0.05) is 28.3 Å². The van der Waals surface area contributed by atoms with Crippen LogP contribution in [0.15, 0.2) is 30.3 Å². The van der Waals surface area contributed by atoms with Crippen LogP contribution in [-0.2, 0) is 20.3 Å².